The van der Waals surface area contributed by atoms with E-state index in [0.29, 0.717) is 25.1 Å². The number of rotatable bonds is 2. The summed E-state index contributed by atoms with van der Waals surface area (Å²) in [5.41, 5.74) is 7.29. The van der Waals surface area contributed by atoms with Gasteiger partial charge in [0.05, 0.1) is 19.4 Å². The molecule has 1 aliphatic rings. The first-order valence-corrected chi connectivity index (χ1v) is 7.39. The SMILES string of the molecule is CC1(C)CO[P](O)(Cc2ccc(N)cc2)OC1. The molecule has 4 nitrogen and oxygen atoms in total. The quantitative estimate of drug-likeness (QED) is 0.630. The lowest BCUT2D eigenvalue weighted by atomic mass is 9.97. The fourth-order valence-corrected chi connectivity index (χ4v) is 3.61. The lowest BCUT2D eigenvalue weighted by Gasteiger charge is -2.40. The second kappa shape index (κ2) is 4.54. The molecule has 0 atom stereocenters. The van der Waals surface area contributed by atoms with E-state index in [9.17, 15) is 4.89 Å². The van der Waals surface area contributed by atoms with Gasteiger partial charge < -0.3 is 19.7 Å². The highest BCUT2D eigenvalue weighted by Gasteiger charge is 2.38. The van der Waals surface area contributed by atoms with Crippen molar-refractivity contribution in [1.29, 1.82) is 0 Å². The lowest BCUT2D eigenvalue weighted by Crippen LogP contribution is -2.31. The Morgan fingerprint density at radius 2 is 1.76 bits per heavy atom. The third kappa shape index (κ3) is 3.39. The van der Waals surface area contributed by atoms with Crippen LogP contribution in [0, 0.1) is 5.41 Å². The molecule has 5 heteroatoms. The normalized spacial score (nSPS) is 22.3. The molecule has 1 radical (unpaired) electrons. The third-order valence-electron chi connectivity index (χ3n) is 2.68. The van der Waals surface area contributed by atoms with E-state index in [1.807, 2.05) is 24.3 Å². The van der Waals surface area contributed by atoms with Crippen LogP contribution < -0.4 is 5.73 Å². The Kier molecular flexibility index (Phi) is 3.41. The molecule has 1 aromatic carbocycles. The molecule has 1 aliphatic heterocycles. The molecule has 0 aromatic heterocycles. The zero-order chi connectivity index (χ0) is 12.5. The van der Waals surface area contributed by atoms with Gasteiger partial charge in [0.15, 0.2) is 0 Å². The molecule has 3 N–H and O–H groups in total. The van der Waals surface area contributed by atoms with E-state index in [1.165, 1.54) is 0 Å². The zero-order valence-corrected chi connectivity index (χ0v) is 11.1. The molecule has 0 amide bonds. The largest absolute Gasteiger partial charge is 0.399 e. The van der Waals surface area contributed by atoms with Crippen molar-refractivity contribution in [2.75, 3.05) is 18.9 Å². The standard InChI is InChI=1S/C12H19NO3P/c1-12(2)8-15-17(14,16-9-12)7-10-3-5-11(13)6-4-10/h3-6,14H,7-9,13H2,1-2H3. The van der Waals surface area contributed by atoms with Crippen LogP contribution in [-0.2, 0) is 15.2 Å². The fraction of sp³-hybridized carbons (Fsp3) is 0.500. The summed E-state index contributed by atoms with van der Waals surface area (Å²) < 4.78 is 11.1. The second-order valence-corrected chi connectivity index (χ2v) is 7.36. The predicted octanol–water partition coefficient (Wildman–Crippen LogP) is 2.60. The van der Waals surface area contributed by atoms with Gasteiger partial charge in [0.1, 0.15) is 0 Å². The van der Waals surface area contributed by atoms with E-state index in [0.717, 1.165) is 5.56 Å². The summed E-state index contributed by atoms with van der Waals surface area (Å²) in [5.74, 6) is 0. The number of nitrogens with two attached hydrogens (primary N) is 1. The first-order valence-electron chi connectivity index (χ1n) is 5.63. The summed E-state index contributed by atoms with van der Waals surface area (Å²) in [6, 6.07) is 7.41. The molecule has 2 rings (SSSR count). The highest BCUT2D eigenvalue weighted by atomic mass is 31.2. The zero-order valence-electron chi connectivity index (χ0n) is 10.2. The van der Waals surface area contributed by atoms with E-state index >= 15 is 0 Å². The molecule has 17 heavy (non-hydrogen) atoms. The fourth-order valence-electron chi connectivity index (χ4n) is 1.58. The van der Waals surface area contributed by atoms with Crippen molar-refractivity contribution in [3.63, 3.8) is 0 Å². The van der Waals surface area contributed by atoms with Crippen LogP contribution >= 0.6 is 7.94 Å². The second-order valence-electron chi connectivity index (χ2n) is 5.25. The number of benzene rings is 1. The highest BCUT2D eigenvalue weighted by Crippen LogP contribution is 2.63. The molecule has 95 valence electrons. The van der Waals surface area contributed by atoms with Gasteiger partial charge in [-0.25, -0.2) is 0 Å². The van der Waals surface area contributed by atoms with Gasteiger partial charge in [-0.2, -0.15) is 0 Å². The van der Waals surface area contributed by atoms with Crippen molar-refractivity contribution in [2.24, 2.45) is 5.41 Å². The van der Waals surface area contributed by atoms with Crippen molar-refractivity contribution >= 4 is 13.6 Å². The molecule has 1 saturated heterocycles. The molecule has 1 fully saturated rings. The van der Waals surface area contributed by atoms with Crippen molar-refractivity contribution < 1.29 is 13.9 Å². The number of anilines is 1. The number of hydrogen-bond donors (Lipinski definition) is 2. The minimum atomic E-state index is -2.72. The van der Waals surface area contributed by atoms with Gasteiger partial charge in [-0.3, -0.25) is 0 Å². The van der Waals surface area contributed by atoms with Crippen LogP contribution in [0.1, 0.15) is 19.4 Å². The average molecular weight is 256 g/mol. The first-order chi connectivity index (χ1) is 7.89. The summed E-state index contributed by atoms with van der Waals surface area (Å²) >= 11 is 0. The van der Waals surface area contributed by atoms with Crippen LogP contribution in [0.4, 0.5) is 5.69 Å². The molecule has 0 saturated carbocycles. The van der Waals surface area contributed by atoms with Crippen LogP contribution in [0.2, 0.25) is 0 Å². The molecule has 0 aliphatic carbocycles. The van der Waals surface area contributed by atoms with Gasteiger partial charge in [-0.1, -0.05) is 26.0 Å². The van der Waals surface area contributed by atoms with Crippen molar-refractivity contribution in [1.82, 2.24) is 0 Å². The van der Waals surface area contributed by atoms with Crippen molar-refractivity contribution in [2.45, 2.75) is 20.0 Å². The lowest BCUT2D eigenvalue weighted by molar-refractivity contribution is 0.0249. The Hall–Kier alpha value is -0.670. The molecule has 1 heterocycles. The van der Waals surface area contributed by atoms with Crippen molar-refractivity contribution in [3.8, 4) is 0 Å². The molecule has 0 bridgehead atoms. The minimum absolute atomic E-state index is 0.0205. The topological polar surface area (TPSA) is 64.7 Å². The van der Waals surface area contributed by atoms with Gasteiger partial charge in [0.2, 0.25) is 7.94 Å². The maximum atomic E-state index is 10.3. The minimum Gasteiger partial charge on any atom is -0.399 e. The molecular weight excluding hydrogens is 237 g/mol. The van der Waals surface area contributed by atoms with Crippen LogP contribution in [0.15, 0.2) is 24.3 Å². The van der Waals surface area contributed by atoms with Crippen LogP contribution in [0.25, 0.3) is 0 Å². The third-order valence-corrected chi connectivity index (χ3v) is 4.51. The highest BCUT2D eigenvalue weighted by molar-refractivity contribution is 7.59. The van der Waals surface area contributed by atoms with Gasteiger partial charge in [0, 0.05) is 11.1 Å². The van der Waals surface area contributed by atoms with E-state index in [1.54, 1.807) is 0 Å². The van der Waals surface area contributed by atoms with Crippen molar-refractivity contribution in [3.05, 3.63) is 29.8 Å². The Morgan fingerprint density at radius 3 is 2.29 bits per heavy atom. The summed E-state index contributed by atoms with van der Waals surface area (Å²) in [6.07, 6.45) is 0.420. The van der Waals surface area contributed by atoms with E-state index < -0.39 is 7.94 Å². The maximum absolute atomic E-state index is 10.3. The van der Waals surface area contributed by atoms with Gasteiger partial charge >= 0.3 is 0 Å². The Morgan fingerprint density at radius 1 is 1.24 bits per heavy atom. The Balaban J connectivity index is 2.01. The molecule has 1 aromatic rings. The van der Waals surface area contributed by atoms with Gasteiger partial charge in [-0.05, 0) is 17.7 Å². The smallest absolute Gasteiger partial charge is 0.235 e. The first kappa shape index (κ1) is 12.8. The van der Waals surface area contributed by atoms with E-state index in [4.69, 9.17) is 14.8 Å². The van der Waals surface area contributed by atoms with Crippen LogP contribution in [0.5, 0.6) is 0 Å². The summed E-state index contributed by atoms with van der Waals surface area (Å²) in [4.78, 5) is 10.3. The molecule has 0 unspecified atom stereocenters. The van der Waals surface area contributed by atoms with Gasteiger partial charge in [-0.15, -0.1) is 0 Å². The van der Waals surface area contributed by atoms with Crippen LogP contribution in [-0.4, -0.2) is 18.1 Å². The molecular formula is C12H19NO3P. The van der Waals surface area contributed by atoms with E-state index in [-0.39, 0.29) is 5.41 Å². The Bertz CT molecular complexity index is 381. The van der Waals surface area contributed by atoms with E-state index in [2.05, 4.69) is 13.8 Å². The number of hydrogen-bond acceptors (Lipinski definition) is 4. The summed E-state index contributed by atoms with van der Waals surface area (Å²) in [7, 11) is -2.72. The average Bonchev–Trinajstić information content (AvgIpc) is 2.27. The summed E-state index contributed by atoms with van der Waals surface area (Å²) in [6.45, 7) is 5.18. The summed E-state index contributed by atoms with van der Waals surface area (Å²) in [5, 5.41) is 0. The van der Waals surface area contributed by atoms with Gasteiger partial charge in [0.25, 0.3) is 0 Å². The molecule has 0 spiro atoms. The monoisotopic (exact) mass is 256 g/mol. The number of nitrogen functional groups attached to an aromatic ring is 1. The Labute approximate surface area is 102 Å². The maximum Gasteiger partial charge on any atom is 0.235 e. The van der Waals surface area contributed by atoms with Crippen LogP contribution in [0.3, 0.4) is 0 Å². The predicted molar refractivity (Wildman–Crippen MR) is 69.4 cm³/mol.